The van der Waals surface area contributed by atoms with Crippen LogP contribution in [0.1, 0.15) is 61.3 Å². The maximum Gasteiger partial charge on any atom is 0.170 e. The quantitative estimate of drug-likeness (QED) is 0.655. The predicted octanol–water partition coefficient (Wildman–Crippen LogP) is 4.61. The Hall–Kier alpha value is 0.350. The summed E-state index contributed by atoms with van der Waals surface area (Å²) >= 11 is 0. The van der Waals surface area contributed by atoms with Gasteiger partial charge >= 0.3 is 0 Å². The minimum absolute atomic E-state index is 0.00932. The maximum atomic E-state index is 6.27. The highest BCUT2D eigenvalue weighted by molar-refractivity contribution is 7.60. The van der Waals surface area contributed by atoms with E-state index in [9.17, 15) is 0 Å². The molecule has 0 saturated carbocycles. The van der Waals surface area contributed by atoms with Gasteiger partial charge in [-0.1, -0.05) is 56.4 Å². The monoisotopic (exact) mass is 286 g/mol. The Kier molecular flexibility index (Phi) is 3.88. The molecule has 3 heteroatoms. The normalized spacial score (nSPS) is 32.4. The van der Waals surface area contributed by atoms with Crippen LogP contribution in [0.4, 0.5) is 0 Å². The highest BCUT2D eigenvalue weighted by Crippen LogP contribution is 2.68. The van der Waals surface area contributed by atoms with Gasteiger partial charge in [0.1, 0.15) is 0 Å². The van der Waals surface area contributed by atoms with Crippen molar-refractivity contribution in [1.82, 2.24) is 0 Å². The van der Waals surface area contributed by atoms with Gasteiger partial charge in [-0.25, -0.2) is 0 Å². The fourth-order valence-electron chi connectivity index (χ4n) is 4.19. The number of ether oxygens (including phenoxy) is 2. The third-order valence-corrected chi connectivity index (χ3v) is 8.50. The molecule has 2 fully saturated rings. The van der Waals surface area contributed by atoms with Gasteiger partial charge in [0.25, 0.3) is 0 Å². The van der Waals surface area contributed by atoms with Crippen LogP contribution >= 0.6 is 7.92 Å². The van der Waals surface area contributed by atoms with Crippen molar-refractivity contribution in [2.45, 2.75) is 77.4 Å². The lowest BCUT2D eigenvalue weighted by molar-refractivity contribution is -0.310. The Balaban J connectivity index is 2.22. The van der Waals surface area contributed by atoms with Crippen molar-refractivity contribution in [3.8, 4) is 0 Å². The van der Waals surface area contributed by atoms with E-state index in [1.54, 1.807) is 0 Å². The lowest BCUT2D eigenvalue weighted by atomic mass is 9.88. The molecule has 2 aliphatic rings. The third-order valence-electron chi connectivity index (χ3n) is 4.63. The molecule has 0 aliphatic carbocycles. The van der Waals surface area contributed by atoms with E-state index < -0.39 is 0 Å². The van der Waals surface area contributed by atoms with E-state index in [2.05, 4.69) is 48.5 Å². The zero-order valence-electron chi connectivity index (χ0n) is 13.8. The molecule has 112 valence electrons. The standard InChI is InChI=1S/C16H31O2P/c1-8-19-14(4,5)9-16(10-15(19,6)7)17-11-13(2,3)12-18-16/h8-12H2,1-7H3. The molecule has 2 rings (SSSR count). The molecular formula is C16H31O2P. The molecule has 2 nitrogen and oxygen atoms in total. The lowest BCUT2D eigenvalue weighted by Crippen LogP contribution is -2.57. The average molecular weight is 286 g/mol. The average Bonchev–Trinajstić information content (AvgIpc) is 2.20. The van der Waals surface area contributed by atoms with Gasteiger partial charge in [0.05, 0.1) is 13.2 Å². The fourth-order valence-corrected chi connectivity index (χ4v) is 8.40. The van der Waals surface area contributed by atoms with Crippen molar-refractivity contribution in [2.24, 2.45) is 5.41 Å². The van der Waals surface area contributed by atoms with Gasteiger partial charge in [-0.3, -0.25) is 0 Å². The van der Waals surface area contributed by atoms with Crippen LogP contribution in [-0.2, 0) is 9.47 Å². The summed E-state index contributed by atoms with van der Waals surface area (Å²) < 4.78 is 12.5. The Labute approximate surface area is 120 Å². The van der Waals surface area contributed by atoms with E-state index in [0.29, 0.717) is 10.3 Å². The van der Waals surface area contributed by atoms with Crippen molar-refractivity contribution in [3.63, 3.8) is 0 Å². The van der Waals surface area contributed by atoms with Gasteiger partial charge in [0, 0.05) is 18.3 Å². The molecule has 0 bridgehead atoms. The Morgan fingerprint density at radius 2 is 1.26 bits per heavy atom. The largest absolute Gasteiger partial charge is 0.349 e. The first-order chi connectivity index (χ1) is 8.52. The first-order valence-electron chi connectivity index (χ1n) is 7.58. The summed E-state index contributed by atoms with van der Waals surface area (Å²) in [5.41, 5.74) is 0.159. The van der Waals surface area contributed by atoms with E-state index in [-0.39, 0.29) is 19.1 Å². The minimum atomic E-state index is -0.323. The van der Waals surface area contributed by atoms with Crippen LogP contribution in [0.15, 0.2) is 0 Å². The summed E-state index contributed by atoms with van der Waals surface area (Å²) in [5, 5.41) is 0.681. The summed E-state index contributed by atoms with van der Waals surface area (Å²) in [6, 6.07) is 0. The van der Waals surface area contributed by atoms with Crippen LogP contribution in [0.25, 0.3) is 0 Å². The van der Waals surface area contributed by atoms with Crippen molar-refractivity contribution in [3.05, 3.63) is 0 Å². The molecule has 2 saturated heterocycles. The highest BCUT2D eigenvalue weighted by atomic mass is 31.1. The molecule has 0 radical (unpaired) electrons. The Morgan fingerprint density at radius 3 is 1.63 bits per heavy atom. The SMILES string of the molecule is CCP1C(C)(C)CC2(CC1(C)C)OCC(C)(C)CO2. The second kappa shape index (κ2) is 4.68. The highest BCUT2D eigenvalue weighted by Gasteiger charge is 2.56. The van der Waals surface area contributed by atoms with Crippen LogP contribution < -0.4 is 0 Å². The van der Waals surface area contributed by atoms with Crippen LogP contribution in [0.5, 0.6) is 0 Å². The second-order valence-corrected chi connectivity index (χ2v) is 12.3. The summed E-state index contributed by atoms with van der Waals surface area (Å²) in [6.07, 6.45) is 3.41. The third kappa shape index (κ3) is 3.01. The van der Waals surface area contributed by atoms with Gasteiger partial charge in [0.2, 0.25) is 0 Å². The number of hydrogen-bond acceptors (Lipinski definition) is 2. The molecule has 0 unspecified atom stereocenters. The van der Waals surface area contributed by atoms with Crippen molar-refractivity contribution >= 4 is 7.92 Å². The molecule has 0 aromatic rings. The van der Waals surface area contributed by atoms with Gasteiger partial charge in [0.15, 0.2) is 5.79 Å². The van der Waals surface area contributed by atoms with Crippen LogP contribution in [0.2, 0.25) is 0 Å². The van der Waals surface area contributed by atoms with Crippen molar-refractivity contribution in [2.75, 3.05) is 19.4 Å². The second-order valence-electron chi connectivity index (χ2n) is 8.37. The Bertz CT molecular complexity index is 317. The molecule has 0 N–H and O–H groups in total. The lowest BCUT2D eigenvalue weighted by Gasteiger charge is -2.58. The summed E-state index contributed by atoms with van der Waals surface area (Å²) in [5.74, 6) is -0.323. The van der Waals surface area contributed by atoms with Gasteiger partial charge < -0.3 is 9.47 Å². The molecule has 19 heavy (non-hydrogen) atoms. The first-order valence-corrected chi connectivity index (χ1v) is 9.10. The smallest absolute Gasteiger partial charge is 0.170 e. The topological polar surface area (TPSA) is 18.5 Å². The minimum Gasteiger partial charge on any atom is -0.349 e. The molecule has 1 spiro atoms. The van der Waals surface area contributed by atoms with Crippen molar-refractivity contribution < 1.29 is 9.47 Å². The van der Waals surface area contributed by atoms with E-state index in [4.69, 9.17) is 9.47 Å². The van der Waals surface area contributed by atoms with Gasteiger partial charge in [-0.05, 0) is 16.5 Å². The van der Waals surface area contributed by atoms with E-state index in [1.165, 1.54) is 6.16 Å². The zero-order chi connectivity index (χ0) is 14.5. The molecule has 0 amide bonds. The first kappa shape index (κ1) is 15.7. The molecule has 0 atom stereocenters. The maximum absolute atomic E-state index is 6.27. The van der Waals surface area contributed by atoms with Gasteiger partial charge in [-0.15, -0.1) is 0 Å². The zero-order valence-corrected chi connectivity index (χ0v) is 14.7. The van der Waals surface area contributed by atoms with E-state index in [1.807, 2.05) is 0 Å². The molecule has 0 aromatic carbocycles. The van der Waals surface area contributed by atoms with Gasteiger partial charge in [-0.2, -0.15) is 0 Å². The summed E-state index contributed by atoms with van der Waals surface area (Å²) in [6.45, 7) is 18.1. The summed E-state index contributed by atoms with van der Waals surface area (Å²) in [7, 11) is 0.00932. The van der Waals surface area contributed by atoms with Crippen molar-refractivity contribution in [1.29, 1.82) is 0 Å². The Morgan fingerprint density at radius 1 is 0.842 bits per heavy atom. The molecule has 2 aliphatic heterocycles. The molecular weight excluding hydrogens is 255 g/mol. The molecule has 2 heterocycles. The van der Waals surface area contributed by atoms with E-state index in [0.717, 1.165) is 26.1 Å². The van der Waals surface area contributed by atoms with Crippen LogP contribution in [-0.4, -0.2) is 35.5 Å². The fraction of sp³-hybridized carbons (Fsp3) is 1.00. The van der Waals surface area contributed by atoms with Crippen LogP contribution in [0.3, 0.4) is 0 Å². The van der Waals surface area contributed by atoms with E-state index >= 15 is 0 Å². The van der Waals surface area contributed by atoms with Crippen LogP contribution in [0, 0.1) is 5.41 Å². The summed E-state index contributed by atoms with van der Waals surface area (Å²) in [4.78, 5) is 0. The number of rotatable bonds is 1. The molecule has 0 aromatic heterocycles. The number of hydrogen-bond donors (Lipinski definition) is 0. The predicted molar refractivity (Wildman–Crippen MR) is 83.3 cm³/mol.